The number of rotatable bonds is 8. The number of nitrogens with zero attached hydrogens (tertiary/aromatic N) is 3. The van der Waals surface area contributed by atoms with E-state index in [4.69, 9.17) is 16.2 Å². The largest absolute Gasteiger partial charge is 0.424 e. The Hall–Kier alpha value is -3.33. The Morgan fingerprint density at radius 3 is 2.56 bits per heavy atom. The lowest BCUT2D eigenvalue weighted by Crippen LogP contribution is -2.17. The number of ether oxygens (including phenoxy) is 1. The summed E-state index contributed by atoms with van der Waals surface area (Å²) in [6, 6.07) is 9.94. The number of azo groups is 1. The van der Waals surface area contributed by atoms with E-state index in [0.717, 1.165) is 0 Å². The van der Waals surface area contributed by atoms with Crippen molar-refractivity contribution in [3.63, 3.8) is 0 Å². The molecule has 1 amide bonds. The van der Waals surface area contributed by atoms with Crippen LogP contribution in [0.2, 0.25) is 0 Å². The van der Waals surface area contributed by atoms with Gasteiger partial charge in [-0.15, -0.1) is 10.2 Å². The van der Waals surface area contributed by atoms with Crippen molar-refractivity contribution in [2.45, 2.75) is 26.2 Å². The third-order valence-corrected chi connectivity index (χ3v) is 3.35. The molecule has 0 atom stereocenters. The molecule has 142 valence electrons. The molecule has 9 heteroatoms. The van der Waals surface area contributed by atoms with Gasteiger partial charge in [-0.2, -0.15) is 0 Å². The number of benzene rings is 1. The summed E-state index contributed by atoms with van der Waals surface area (Å²) in [5.41, 5.74) is 11.9. The molecule has 0 saturated heterocycles. The highest BCUT2D eigenvalue weighted by Crippen LogP contribution is 2.30. The molecule has 0 aliphatic carbocycles. The number of nitrogens with one attached hydrogen (secondary N) is 1. The van der Waals surface area contributed by atoms with Crippen LogP contribution in [0.5, 0.6) is 5.75 Å². The first-order valence-corrected chi connectivity index (χ1v) is 8.51. The van der Waals surface area contributed by atoms with Crippen molar-refractivity contribution in [3.05, 3.63) is 36.4 Å². The van der Waals surface area contributed by atoms with Crippen LogP contribution in [0.25, 0.3) is 0 Å². The van der Waals surface area contributed by atoms with E-state index >= 15 is 0 Å². The van der Waals surface area contributed by atoms with Crippen LogP contribution in [0, 0.1) is 0 Å². The van der Waals surface area contributed by atoms with Gasteiger partial charge >= 0.3 is 5.97 Å². The van der Waals surface area contributed by atoms with Gasteiger partial charge in [-0.1, -0.05) is 19.1 Å². The van der Waals surface area contributed by atoms with Gasteiger partial charge in [-0.05, 0) is 30.7 Å². The first-order valence-electron chi connectivity index (χ1n) is 8.51. The molecule has 0 bridgehead atoms. The van der Waals surface area contributed by atoms with Crippen molar-refractivity contribution in [1.82, 2.24) is 4.98 Å². The highest BCUT2D eigenvalue weighted by atomic mass is 16.5. The Bertz CT molecular complexity index is 838. The molecule has 0 unspecified atom stereocenters. The summed E-state index contributed by atoms with van der Waals surface area (Å²) >= 11 is 0. The van der Waals surface area contributed by atoms with Gasteiger partial charge < -0.3 is 21.5 Å². The summed E-state index contributed by atoms with van der Waals surface area (Å²) in [6.45, 7) is 2.14. The number of aromatic nitrogens is 1. The van der Waals surface area contributed by atoms with Gasteiger partial charge in [0.25, 0.3) is 0 Å². The van der Waals surface area contributed by atoms with Gasteiger partial charge in [0.05, 0.1) is 0 Å². The molecule has 2 aromatic rings. The molecule has 0 aliphatic heterocycles. The van der Waals surface area contributed by atoms with Crippen LogP contribution < -0.4 is 21.5 Å². The van der Waals surface area contributed by atoms with Crippen molar-refractivity contribution in [3.8, 4) is 5.75 Å². The number of hydrogen-bond donors (Lipinski definition) is 3. The Morgan fingerprint density at radius 1 is 1.11 bits per heavy atom. The summed E-state index contributed by atoms with van der Waals surface area (Å²) in [5, 5.41) is 10.7. The van der Waals surface area contributed by atoms with E-state index < -0.39 is 0 Å². The van der Waals surface area contributed by atoms with Crippen LogP contribution >= 0.6 is 0 Å². The van der Waals surface area contributed by atoms with E-state index in [0.29, 0.717) is 35.8 Å². The second kappa shape index (κ2) is 9.97. The number of esters is 1. The van der Waals surface area contributed by atoms with Crippen LogP contribution in [0.1, 0.15) is 26.2 Å². The van der Waals surface area contributed by atoms with E-state index in [-0.39, 0.29) is 30.7 Å². The van der Waals surface area contributed by atoms with Gasteiger partial charge in [0.2, 0.25) is 5.91 Å². The summed E-state index contributed by atoms with van der Waals surface area (Å²) in [6.07, 6.45) is 1.20. The minimum atomic E-state index is -0.334. The molecule has 5 N–H and O–H groups in total. The Kier molecular flexibility index (Phi) is 7.38. The van der Waals surface area contributed by atoms with Crippen molar-refractivity contribution >= 4 is 34.9 Å². The average Bonchev–Trinajstić information content (AvgIpc) is 2.62. The fraction of sp³-hybridized carbons (Fsp3) is 0.278. The maximum atomic E-state index is 11.7. The molecule has 27 heavy (non-hydrogen) atoms. The first-order chi connectivity index (χ1) is 13.0. The quantitative estimate of drug-likeness (QED) is 0.370. The zero-order valence-electron chi connectivity index (χ0n) is 15.0. The van der Waals surface area contributed by atoms with Gasteiger partial charge in [-0.3, -0.25) is 9.59 Å². The van der Waals surface area contributed by atoms with E-state index in [1.807, 2.05) is 6.92 Å². The minimum absolute atomic E-state index is 0.102. The lowest BCUT2D eigenvalue weighted by molar-refractivity contribution is -0.134. The lowest BCUT2D eigenvalue weighted by atomic mass is 10.3. The summed E-state index contributed by atoms with van der Waals surface area (Å²) < 4.78 is 5.29. The molecule has 0 spiro atoms. The van der Waals surface area contributed by atoms with Gasteiger partial charge in [0.1, 0.15) is 17.2 Å². The zero-order chi connectivity index (χ0) is 19.6. The molecule has 9 nitrogen and oxygen atoms in total. The first kappa shape index (κ1) is 20.0. The fourth-order valence-corrected chi connectivity index (χ4v) is 2.07. The number of anilines is 2. The van der Waals surface area contributed by atoms with Crippen molar-refractivity contribution in [2.24, 2.45) is 16.0 Å². The van der Waals surface area contributed by atoms with Crippen LogP contribution in [0.15, 0.2) is 46.6 Å². The number of nitrogens with two attached hydrogens (primary N) is 2. The topological polar surface area (TPSA) is 145 Å². The van der Waals surface area contributed by atoms with Gasteiger partial charge in [0, 0.05) is 19.4 Å². The van der Waals surface area contributed by atoms with E-state index in [2.05, 4.69) is 20.5 Å². The number of hydrogen-bond acceptors (Lipinski definition) is 8. The molecule has 1 aromatic carbocycles. The smallest absolute Gasteiger partial charge is 0.311 e. The van der Waals surface area contributed by atoms with Gasteiger partial charge in [0.15, 0.2) is 11.6 Å². The average molecular weight is 370 g/mol. The maximum absolute atomic E-state index is 11.7. The van der Waals surface area contributed by atoms with Crippen molar-refractivity contribution < 1.29 is 14.3 Å². The van der Waals surface area contributed by atoms with Crippen LogP contribution in [0.4, 0.5) is 23.0 Å². The number of pyridine rings is 1. The highest BCUT2D eigenvalue weighted by Gasteiger charge is 2.09. The number of para-hydroxylation sites is 1. The Balaban J connectivity index is 2.14. The summed E-state index contributed by atoms with van der Waals surface area (Å²) in [7, 11) is 0. The van der Waals surface area contributed by atoms with E-state index in [9.17, 15) is 9.59 Å². The summed E-state index contributed by atoms with van der Waals surface area (Å²) in [5.74, 6) is 0.140. The van der Waals surface area contributed by atoms with Crippen LogP contribution in [-0.2, 0) is 9.59 Å². The second-order valence-corrected chi connectivity index (χ2v) is 5.58. The molecular formula is C18H22N6O3. The maximum Gasteiger partial charge on any atom is 0.311 e. The summed E-state index contributed by atoms with van der Waals surface area (Å²) in [4.78, 5) is 27.3. The molecule has 0 aliphatic rings. The second-order valence-electron chi connectivity index (χ2n) is 5.58. The minimum Gasteiger partial charge on any atom is -0.424 e. The van der Waals surface area contributed by atoms with Gasteiger partial charge in [-0.25, -0.2) is 4.98 Å². The molecular weight excluding hydrogens is 348 g/mol. The number of carbonyl (C=O) groups is 2. The van der Waals surface area contributed by atoms with Crippen LogP contribution in [-0.4, -0.2) is 23.4 Å². The predicted octanol–water partition coefficient (Wildman–Crippen LogP) is 3.07. The lowest BCUT2D eigenvalue weighted by Gasteiger charge is -2.07. The third kappa shape index (κ3) is 6.15. The molecule has 1 aromatic heterocycles. The van der Waals surface area contributed by atoms with E-state index in [1.54, 1.807) is 36.4 Å². The molecule has 0 saturated carbocycles. The van der Waals surface area contributed by atoms with Crippen molar-refractivity contribution in [2.75, 3.05) is 17.6 Å². The monoisotopic (exact) mass is 370 g/mol. The predicted molar refractivity (Wildman–Crippen MR) is 102 cm³/mol. The fourth-order valence-electron chi connectivity index (χ4n) is 2.07. The number of amides is 1. The molecule has 0 radical (unpaired) electrons. The molecule has 0 fully saturated rings. The zero-order valence-corrected chi connectivity index (χ0v) is 15.0. The Labute approximate surface area is 156 Å². The molecule has 1 heterocycles. The SMILES string of the molecule is CCCC(=O)Oc1ccccc1/N=N/c1ccc(NC(=O)CCN)nc1N. The van der Waals surface area contributed by atoms with E-state index in [1.165, 1.54) is 0 Å². The Morgan fingerprint density at radius 2 is 1.85 bits per heavy atom. The molecule has 2 rings (SSSR count). The standard InChI is InChI=1S/C18H22N6O3/c1-2-5-17(26)27-14-7-4-3-6-12(14)23-24-13-8-9-15(22-18(13)20)21-16(25)10-11-19/h3-4,6-9H,2,5,10-11,19H2,1H3,(H3,20,21,22,25)/b24-23+. The van der Waals surface area contributed by atoms with Crippen LogP contribution in [0.3, 0.4) is 0 Å². The van der Waals surface area contributed by atoms with Crippen molar-refractivity contribution in [1.29, 1.82) is 0 Å². The number of carbonyl (C=O) groups excluding carboxylic acids is 2. The third-order valence-electron chi connectivity index (χ3n) is 3.35. The number of nitrogen functional groups attached to an aromatic ring is 1. The normalized spacial score (nSPS) is 10.7. The highest BCUT2D eigenvalue weighted by molar-refractivity contribution is 5.90.